The van der Waals surface area contributed by atoms with Gasteiger partial charge in [0.1, 0.15) is 16.9 Å². The topological polar surface area (TPSA) is 104 Å². The first kappa shape index (κ1) is 28.3. The Morgan fingerprint density at radius 3 is 2.62 bits per heavy atom. The van der Waals surface area contributed by atoms with Crippen LogP contribution in [0.4, 0.5) is 30.4 Å². The number of carbonyl (C=O) groups is 2. The first-order chi connectivity index (χ1) is 20.1. The van der Waals surface area contributed by atoms with Gasteiger partial charge in [0.25, 0.3) is 12.3 Å². The van der Waals surface area contributed by atoms with Gasteiger partial charge in [0.05, 0.1) is 22.0 Å². The van der Waals surface area contributed by atoms with Crippen LogP contribution in [0.25, 0.3) is 0 Å². The minimum Gasteiger partial charge on any atom is -0.396 e. The molecule has 8 nitrogen and oxygen atoms in total. The van der Waals surface area contributed by atoms with Crippen LogP contribution < -0.4 is 20.9 Å². The number of hydrogen-bond acceptors (Lipinski definition) is 6. The lowest BCUT2D eigenvalue weighted by molar-refractivity contribution is -0.124. The van der Waals surface area contributed by atoms with Gasteiger partial charge in [-0.3, -0.25) is 14.6 Å². The number of nitrogen functional groups attached to an aromatic ring is 1. The Morgan fingerprint density at radius 2 is 1.90 bits per heavy atom. The average Bonchev–Trinajstić information content (AvgIpc) is 3.17. The van der Waals surface area contributed by atoms with E-state index in [1.165, 1.54) is 18.2 Å². The molecule has 3 N–H and O–H groups in total. The minimum atomic E-state index is -2.90. The summed E-state index contributed by atoms with van der Waals surface area (Å²) in [6, 6.07) is 9.15. The van der Waals surface area contributed by atoms with Crippen LogP contribution in [0.15, 0.2) is 42.6 Å². The summed E-state index contributed by atoms with van der Waals surface area (Å²) in [6.45, 7) is 3.11. The lowest BCUT2D eigenvalue weighted by atomic mass is 9.74. The lowest BCUT2D eigenvalue weighted by Crippen LogP contribution is -2.64. The molecule has 0 bridgehead atoms. The van der Waals surface area contributed by atoms with Crippen molar-refractivity contribution < 1.29 is 22.8 Å². The first-order valence-electron chi connectivity index (χ1n) is 13.9. The van der Waals surface area contributed by atoms with E-state index >= 15 is 0 Å². The van der Waals surface area contributed by atoms with Gasteiger partial charge in [0, 0.05) is 37.6 Å². The molecule has 2 aliphatic heterocycles. The summed E-state index contributed by atoms with van der Waals surface area (Å²) in [5.41, 5.74) is 7.31. The van der Waals surface area contributed by atoms with E-state index in [2.05, 4.69) is 15.3 Å². The number of nitrogens with one attached hydrogen (secondary N) is 1. The number of amides is 2. The number of benzene rings is 1. The number of halogens is 4. The third-order valence-corrected chi connectivity index (χ3v) is 8.85. The molecule has 2 amide bonds. The van der Waals surface area contributed by atoms with E-state index in [1.54, 1.807) is 17.0 Å². The highest BCUT2D eigenvalue weighted by Gasteiger charge is 2.59. The summed E-state index contributed by atoms with van der Waals surface area (Å²) >= 11 is 5.90. The molecule has 1 spiro atoms. The molecule has 1 aromatic carbocycles. The van der Waals surface area contributed by atoms with Gasteiger partial charge >= 0.3 is 0 Å². The van der Waals surface area contributed by atoms with Crippen LogP contribution in [-0.4, -0.2) is 47.5 Å². The summed E-state index contributed by atoms with van der Waals surface area (Å²) in [5, 5.41) is 2.94. The highest BCUT2D eigenvalue weighted by Crippen LogP contribution is 2.49. The van der Waals surface area contributed by atoms with Crippen LogP contribution in [0.1, 0.15) is 59.4 Å². The number of aryl methyl sites for hydroxylation is 1. The van der Waals surface area contributed by atoms with Crippen molar-refractivity contribution in [2.45, 2.75) is 50.5 Å². The van der Waals surface area contributed by atoms with Crippen molar-refractivity contribution in [2.24, 2.45) is 5.92 Å². The second kappa shape index (κ2) is 10.8. The molecule has 0 radical (unpaired) electrons. The molecule has 0 unspecified atom stereocenters. The Balaban J connectivity index is 1.12. The van der Waals surface area contributed by atoms with E-state index in [1.807, 2.05) is 17.9 Å². The molecular formula is C30H30ClF3N6O2. The third-order valence-electron chi connectivity index (χ3n) is 8.65. The monoisotopic (exact) mass is 598 g/mol. The van der Waals surface area contributed by atoms with Gasteiger partial charge in [0.2, 0.25) is 5.91 Å². The van der Waals surface area contributed by atoms with E-state index in [0.717, 1.165) is 17.5 Å². The number of rotatable bonds is 6. The summed E-state index contributed by atoms with van der Waals surface area (Å²) in [5.74, 6) is -0.334. The number of carbonyl (C=O) groups excluding carboxylic acids is 2. The number of anilines is 3. The van der Waals surface area contributed by atoms with E-state index in [9.17, 15) is 22.8 Å². The number of aromatic nitrogens is 2. The predicted octanol–water partition coefficient (Wildman–Crippen LogP) is 5.19. The second-order valence-electron chi connectivity index (χ2n) is 11.5. The predicted molar refractivity (Wildman–Crippen MR) is 153 cm³/mol. The van der Waals surface area contributed by atoms with Crippen molar-refractivity contribution in [3.05, 3.63) is 75.9 Å². The molecule has 6 rings (SSSR count). The van der Waals surface area contributed by atoms with Crippen molar-refractivity contribution in [2.75, 3.05) is 35.2 Å². The Morgan fingerprint density at radius 1 is 1.17 bits per heavy atom. The van der Waals surface area contributed by atoms with Gasteiger partial charge in [-0.05, 0) is 74.4 Å². The smallest absolute Gasteiger partial charge is 0.281 e. The van der Waals surface area contributed by atoms with Gasteiger partial charge in [0.15, 0.2) is 5.82 Å². The van der Waals surface area contributed by atoms with Gasteiger partial charge in [-0.25, -0.2) is 18.2 Å². The zero-order valence-electron chi connectivity index (χ0n) is 22.9. The summed E-state index contributed by atoms with van der Waals surface area (Å²) < 4.78 is 41.2. The zero-order chi connectivity index (χ0) is 29.8. The quantitative estimate of drug-likeness (QED) is 0.405. The molecule has 0 atom stereocenters. The summed E-state index contributed by atoms with van der Waals surface area (Å²) in [7, 11) is 0. The van der Waals surface area contributed by atoms with Crippen molar-refractivity contribution >= 4 is 40.6 Å². The van der Waals surface area contributed by atoms with Crippen LogP contribution in [0.2, 0.25) is 5.02 Å². The highest BCUT2D eigenvalue weighted by molar-refractivity contribution is 6.30. The molecule has 3 aromatic rings. The normalized spacial score (nSPS) is 21.0. The standard InChI is InChI=1S/C30H30ClF3N6O2/c1-16-2-9-23(35)27(37-16)39-14-30(15-39)22-8-5-19(32)11-24(22)40(29(30)42)13-17-3-6-20(7-4-17)38-28(41)21-10-18(31)12-36-25(21)26(33)34/h2,5,8-12,17,20,26H,3-4,6-7,13-15,35H2,1H3,(H,38,41). The van der Waals surface area contributed by atoms with E-state index in [-0.39, 0.29) is 28.5 Å². The number of nitrogens with two attached hydrogens (primary N) is 1. The number of pyridine rings is 2. The van der Waals surface area contributed by atoms with Crippen LogP contribution in [0.5, 0.6) is 0 Å². The van der Waals surface area contributed by atoms with Crippen LogP contribution >= 0.6 is 11.6 Å². The molecule has 2 fully saturated rings. The van der Waals surface area contributed by atoms with Crippen LogP contribution in [0, 0.1) is 18.7 Å². The van der Waals surface area contributed by atoms with E-state index < -0.39 is 29.3 Å². The Labute approximate surface area is 246 Å². The summed E-state index contributed by atoms with van der Waals surface area (Å²) in [4.78, 5) is 38.6. The first-order valence-corrected chi connectivity index (χ1v) is 14.3. The lowest BCUT2D eigenvalue weighted by Gasteiger charge is -2.48. The van der Waals surface area contributed by atoms with Crippen LogP contribution in [-0.2, 0) is 10.2 Å². The molecular weight excluding hydrogens is 569 g/mol. The van der Waals surface area contributed by atoms with Crippen molar-refractivity contribution in [3.63, 3.8) is 0 Å². The molecule has 42 heavy (non-hydrogen) atoms. The fourth-order valence-electron chi connectivity index (χ4n) is 6.48. The SMILES string of the molecule is Cc1ccc(N)c(N2CC3(C2)C(=O)N(CC2CCC(NC(=O)c4cc(Cl)cnc4C(F)F)CC2)c2cc(F)ccc23)n1. The minimum absolute atomic E-state index is 0.0611. The Hall–Kier alpha value is -3.86. The maximum absolute atomic E-state index is 14.4. The molecule has 220 valence electrons. The van der Waals surface area contributed by atoms with Crippen molar-refractivity contribution in [1.82, 2.24) is 15.3 Å². The second-order valence-corrected chi connectivity index (χ2v) is 11.9. The summed E-state index contributed by atoms with van der Waals surface area (Å²) in [6.07, 6.45) is 0.832. The molecule has 3 aliphatic rings. The highest BCUT2D eigenvalue weighted by atomic mass is 35.5. The fourth-order valence-corrected chi connectivity index (χ4v) is 6.64. The maximum atomic E-state index is 14.4. The fraction of sp³-hybridized carbons (Fsp3) is 0.400. The average molecular weight is 599 g/mol. The maximum Gasteiger partial charge on any atom is 0.281 e. The number of fused-ring (bicyclic) bond motifs is 2. The van der Waals surface area contributed by atoms with Gasteiger partial charge in [-0.1, -0.05) is 17.7 Å². The molecule has 4 heterocycles. The number of alkyl halides is 2. The third kappa shape index (κ3) is 4.93. The zero-order valence-corrected chi connectivity index (χ0v) is 23.7. The van der Waals surface area contributed by atoms with E-state index in [4.69, 9.17) is 17.3 Å². The molecule has 1 saturated heterocycles. The van der Waals surface area contributed by atoms with Crippen LogP contribution in [0.3, 0.4) is 0 Å². The van der Waals surface area contributed by atoms with Gasteiger partial charge in [-0.2, -0.15) is 0 Å². The molecule has 1 saturated carbocycles. The number of hydrogen-bond donors (Lipinski definition) is 2. The molecule has 2 aromatic heterocycles. The largest absolute Gasteiger partial charge is 0.396 e. The molecule has 12 heteroatoms. The van der Waals surface area contributed by atoms with Crippen molar-refractivity contribution in [1.29, 1.82) is 0 Å². The molecule has 1 aliphatic carbocycles. The van der Waals surface area contributed by atoms with Gasteiger partial charge in [-0.15, -0.1) is 0 Å². The van der Waals surface area contributed by atoms with Crippen molar-refractivity contribution in [3.8, 4) is 0 Å². The Kier molecular flexibility index (Phi) is 7.24. The van der Waals surface area contributed by atoms with Gasteiger partial charge < -0.3 is 20.9 Å². The Bertz CT molecular complexity index is 1560. The van der Waals surface area contributed by atoms with E-state index in [0.29, 0.717) is 62.5 Å². The number of nitrogens with zero attached hydrogens (tertiary/aromatic N) is 4.